The lowest BCUT2D eigenvalue weighted by Crippen LogP contribution is -2.23. The highest BCUT2D eigenvalue weighted by molar-refractivity contribution is 7.79. The third-order valence-electron chi connectivity index (χ3n) is 8.90. The highest BCUT2D eigenvalue weighted by Crippen LogP contribution is 2.56. The molecule has 0 radical (unpaired) electrons. The minimum Gasteiger partial charge on any atom is -0.0622 e. The Morgan fingerprint density at radius 3 is 1.39 bits per heavy atom. The van der Waals surface area contributed by atoms with E-state index in [1.807, 2.05) is 0 Å². The van der Waals surface area contributed by atoms with E-state index in [0.717, 1.165) is 0 Å². The summed E-state index contributed by atoms with van der Waals surface area (Å²) in [6.07, 6.45) is 0. The van der Waals surface area contributed by atoms with Crippen LogP contribution in [0.2, 0.25) is 0 Å². The third kappa shape index (κ3) is 3.33. The first-order valence-electron chi connectivity index (χ1n) is 13.6. The molecule has 1 heteroatoms. The maximum Gasteiger partial charge on any atom is 0.0159 e. The Morgan fingerprint density at radius 1 is 0.421 bits per heavy atom. The highest BCUT2D eigenvalue weighted by atomic mass is 31.1. The molecule has 0 atom stereocenters. The van der Waals surface area contributed by atoms with Crippen molar-refractivity contribution < 1.29 is 0 Å². The minimum atomic E-state index is -0.628. The number of aryl methyl sites for hydroxylation is 1. The molecule has 0 unspecified atom stereocenters. The zero-order valence-corrected chi connectivity index (χ0v) is 23.7. The van der Waals surface area contributed by atoms with Crippen LogP contribution in [0.15, 0.2) is 109 Å². The van der Waals surface area contributed by atoms with Gasteiger partial charge < -0.3 is 0 Å². The number of hydrogen-bond donors (Lipinski definition) is 0. The normalized spacial score (nSPS) is 15.6. The van der Waals surface area contributed by atoms with E-state index in [0.29, 0.717) is 0 Å². The van der Waals surface area contributed by atoms with Crippen molar-refractivity contribution >= 4 is 23.8 Å². The van der Waals surface area contributed by atoms with E-state index >= 15 is 0 Å². The van der Waals surface area contributed by atoms with E-state index in [-0.39, 0.29) is 10.8 Å². The van der Waals surface area contributed by atoms with Crippen LogP contribution in [0.25, 0.3) is 22.3 Å². The molecule has 0 heterocycles. The summed E-state index contributed by atoms with van der Waals surface area (Å²) in [6.45, 7) is 11.8. The standard InChI is InChI=1S/C37H33P/c1-24-16-18-28-30-22-35-31(23-34(30)36(2,3)32(28)20-24)29-19-17-27(21-33(29)37(35,4)5)38(25-12-8-6-9-13-25)26-14-10-7-11-15-26/h6-23H,1-5H3. The van der Waals surface area contributed by atoms with Gasteiger partial charge in [0.1, 0.15) is 0 Å². The molecule has 2 aliphatic rings. The van der Waals surface area contributed by atoms with Gasteiger partial charge in [0.15, 0.2) is 0 Å². The zero-order chi connectivity index (χ0) is 26.2. The smallest absolute Gasteiger partial charge is 0.0159 e. The largest absolute Gasteiger partial charge is 0.0622 e. The van der Waals surface area contributed by atoms with Crippen molar-refractivity contribution in [1.82, 2.24) is 0 Å². The van der Waals surface area contributed by atoms with Crippen LogP contribution in [0.5, 0.6) is 0 Å². The van der Waals surface area contributed by atoms with Crippen molar-refractivity contribution in [3.8, 4) is 22.3 Å². The van der Waals surface area contributed by atoms with E-state index in [1.165, 1.54) is 66.0 Å². The van der Waals surface area contributed by atoms with Crippen LogP contribution in [0.4, 0.5) is 0 Å². The molecule has 5 aromatic carbocycles. The van der Waals surface area contributed by atoms with E-state index in [9.17, 15) is 0 Å². The average molecular weight is 509 g/mol. The average Bonchev–Trinajstić information content (AvgIpc) is 3.28. The van der Waals surface area contributed by atoms with Gasteiger partial charge in [-0.05, 0) is 93.5 Å². The van der Waals surface area contributed by atoms with Crippen molar-refractivity contribution in [2.45, 2.75) is 45.4 Å². The summed E-state index contributed by atoms with van der Waals surface area (Å²) >= 11 is 0. The van der Waals surface area contributed by atoms with Gasteiger partial charge in [-0.2, -0.15) is 0 Å². The Bertz CT molecular complexity index is 1670. The zero-order valence-electron chi connectivity index (χ0n) is 22.8. The summed E-state index contributed by atoms with van der Waals surface area (Å²) in [5.74, 6) is 0. The predicted molar refractivity (Wildman–Crippen MR) is 165 cm³/mol. The second-order valence-corrected chi connectivity index (χ2v) is 14.2. The molecule has 0 aromatic heterocycles. The SMILES string of the molecule is Cc1ccc2c(c1)C(C)(C)c1cc3c(cc1-2)C(C)(C)c1cc(P(c2ccccc2)c2ccccc2)ccc1-3. The van der Waals surface area contributed by atoms with Gasteiger partial charge in [0, 0.05) is 10.8 Å². The number of benzene rings is 5. The molecule has 2 aliphatic carbocycles. The fraction of sp³-hybridized carbons (Fsp3) is 0.189. The molecular weight excluding hydrogens is 475 g/mol. The molecule has 0 bridgehead atoms. The maximum absolute atomic E-state index is 2.52. The summed E-state index contributed by atoms with van der Waals surface area (Å²) in [5, 5.41) is 4.22. The fourth-order valence-corrected chi connectivity index (χ4v) is 9.12. The topological polar surface area (TPSA) is 0 Å². The lowest BCUT2D eigenvalue weighted by molar-refractivity contribution is 0.652. The van der Waals surface area contributed by atoms with Crippen LogP contribution in [0, 0.1) is 6.92 Å². The van der Waals surface area contributed by atoms with Crippen LogP contribution in [-0.4, -0.2) is 0 Å². The van der Waals surface area contributed by atoms with Gasteiger partial charge in [0.25, 0.3) is 0 Å². The van der Waals surface area contributed by atoms with Gasteiger partial charge in [0.05, 0.1) is 0 Å². The summed E-state index contributed by atoms with van der Waals surface area (Å²) in [7, 11) is -0.628. The third-order valence-corrected chi connectivity index (χ3v) is 11.3. The van der Waals surface area contributed by atoms with Gasteiger partial charge in [-0.1, -0.05) is 124 Å². The molecule has 0 saturated carbocycles. The maximum atomic E-state index is 2.52. The molecule has 7 rings (SSSR count). The van der Waals surface area contributed by atoms with E-state index in [4.69, 9.17) is 0 Å². The van der Waals surface area contributed by atoms with Crippen molar-refractivity contribution in [2.24, 2.45) is 0 Å². The quantitative estimate of drug-likeness (QED) is 0.215. The van der Waals surface area contributed by atoms with E-state index in [1.54, 1.807) is 0 Å². The van der Waals surface area contributed by atoms with Gasteiger partial charge in [0.2, 0.25) is 0 Å². The summed E-state index contributed by atoms with van der Waals surface area (Å²) < 4.78 is 0. The Morgan fingerprint density at radius 2 is 0.868 bits per heavy atom. The Kier molecular flexibility index (Phi) is 5.14. The van der Waals surface area contributed by atoms with Crippen molar-refractivity contribution in [1.29, 1.82) is 0 Å². The molecule has 0 saturated heterocycles. The monoisotopic (exact) mass is 508 g/mol. The molecule has 0 aliphatic heterocycles. The van der Waals surface area contributed by atoms with Crippen molar-refractivity contribution in [2.75, 3.05) is 0 Å². The molecule has 0 fully saturated rings. The number of fused-ring (bicyclic) bond motifs is 6. The lowest BCUT2D eigenvalue weighted by Gasteiger charge is -2.25. The Balaban J connectivity index is 1.40. The molecule has 0 spiro atoms. The van der Waals surface area contributed by atoms with Crippen LogP contribution < -0.4 is 15.9 Å². The number of rotatable bonds is 3. The minimum absolute atomic E-state index is 0.00743. The van der Waals surface area contributed by atoms with Crippen molar-refractivity contribution in [3.63, 3.8) is 0 Å². The van der Waals surface area contributed by atoms with Gasteiger partial charge in [-0.25, -0.2) is 0 Å². The Hall–Kier alpha value is -3.47. The van der Waals surface area contributed by atoms with Gasteiger partial charge in [-0.15, -0.1) is 0 Å². The van der Waals surface area contributed by atoms with Crippen molar-refractivity contribution in [3.05, 3.63) is 137 Å². The predicted octanol–water partition coefficient (Wildman–Crippen LogP) is 8.37. The molecule has 0 nitrogen and oxygen atoms in total. The van der Waals surface area contributed by atoms with E-state index in [2.05, 4.69) is 144 Å². The summed E-state index contributed by atoms with van der Waals surface area (Å²) in [6, 6.07) is 41.4. The fourth-order valence-electron chi connectivity index (χ4n) is 6.80. The molecule has 38 heavy (non-hydrogen) atoms. The molecule has 5 aromatic rings. The molecule has 0 N–H and O–H groups in total. The number of hydrogen-bond acceptors (Lipinski definition) is 0. The lowest BCUT2D eigenvalue weighted by atomic mass is 9.79. The van der Waals surface area contributed by atoms with Crippen LogP contribution in [-0.2, 0) is 10.8 Å². The second-order valence-electron chi connectivity index (χ2n) is 12.0. The summed E-state index contributed by atoms with van der Waals surface area (Å²) in [5.41, 5.74) is 12.8. The van der Waals surface area contributed by atoms with Gasteiger partial charge >= 0.3 is 0 Å². The first-order chi connectivity index (χ1) is 18.3. The van der Waals surface area contributed by atoms with Crippen LogP contribution in [0.1, 0.15) is 55.5 Å². The first kappa shape index (κ1) is 23.6. The molecule has 186 valence electrons. The van der Waals surface area contributed by atoms with Gasteiger partial charge in [-0.3, -0.25) is 0 Å². The van der Waals surface area contributed by atoms with E-state index < -0.39 is 7.92 Å². The molecule has 0 amide bonds. The van der Waals surface area contributed by atoms with Crippen LogP contribution in [0.3, 0.4) is 0 Å². The Labute approximate surface area is 228 Å². The molecular formula is C37H33P. The van der Waals surface area contributed by atoms with Crippen LogP contribution >= 0.6 is 7.92 Å². The first-order valence-corrected chi connectivity index (χ1v) is 15.0. The highest BCUT2D eigenvalue weighted by Gasteiger charge is 2.41. The second kappa shape index (κ2) is 8.26. The summed E-state index contributed by atoms with van der Waals surface area (Å²) in [4.78, 5) is 0.